The Morgan fingerprint density at radius 1 is 0.806 bits per heavy atom. The van der Waals surface area contributed by atoms with E-state index in [-0.39, 0.29) is 11.8 Å². The van der Waals surface area contributed by atoms with Gasteiger partial charge in [-0.15, -0.1) is 0 Å². The van der Waals surface area contributed by atoms with E-state index < -0.39 is 0 Å². The van der Waals surface area contributed by atoms with Gasteiger partial charge in [-0.1, -0.05) is 36.4 Å². The number of aromatic hydroxyl groups is 1. The second kappa shape index (κ2) is 9.70. The molecular weight excluding hydrogens is 456 g/mol. The summed E-state index contributed by atoms with van der Waals surface area (Å²) >= 11 is 0. The minimum atomic E-state index is -0.229. The molecule has 0 aromatic heterocycles. The summed E-state index contributed by atoms with van der Waals surface area (Å²) in [6, 6.07) is 23.1. The Labute approximate surface area is 210 Å². The summed E-state index contributed by atoms with van der Waals surface area (Å²) < 4.78 is 22.4. The van der Waals surface area contributed by atoms with Crippen molar-refractivity contribution in [3.63, 3.8) is 0 Å². The van der Waals surface area contributed by atoms with Gasteiger partial charge in [0.05, 0.1) is 45.9 Å². The van der Waals surface area contributed by atoms with Gasteiger partial charge in [-0.25, -0.2) is 0 Å². The lowest BCUT2D eigenvalue weighted by Crippen LogP contribution is -2.19. The van der Waals surface area contributed by atoms with E-state index in [0.717, 1.165) is 33.5 Å². The molecule has 1 heterocycles. The van der Waals surface area contributed by atoms with Gasteiger partial charge in [0.1, 0.15) is 11.5 Å². The number of nitrogens with zero attached hydrogens (tertiary/aromatic N) is 2. The Bertz CT molecular complexity index is 1450. The number of hydrazone groups is 1. The topological polar surface area (TPSA) is 72.8 Å². The van der Waals surface area contributed by atoms with Crippen LogP contribution < -0.4 is 24.0 Å². The zero-order chi connectivity index (χ0) is 25.2. The van der Waals surface area contributed by atoms with Crippen molar-refractivity contribution >= 4 is 22.2 Å². The highest BCUT2D eigenvalue weighted by molar-refractivity contribution is 6.09. The molecule has 0 amide bonds. The number of hydrogen-bond donors (Lipinski definition) is 1. The first-order valence-corrected chi connectivity index (χ1v) is 11.6. The Hall–Kier alpha value is -4.39. The molecule has 5 rings (SSSR count). The molecule has 184 valence electrons. The Morgan fingerprint density at radius 2 is 1.61 bits per heavy atom. The van der Waals surface area contributed by atoms with Crippen LogP contribution in [0.5, 0.6) is 28.7 Å². The normalized spacial score (nSPS) is 15.1. The minimum absolute atomic E-state index is 0.220. The van der Waals surface area contributed by atoms with Crippen molar-refractivity contribution in [2.45, 2.75) is 12.5 Å². The molecule has 4 aromatic carbocycles. The van der Waals surface area contributed by atoms with E-state index in [1.54, 1.807) is 28.4 Å². The lowest BCUT2D eigenvalue weighted by molar-refractivity contribution is 0.320. The highest BCUT2D eigenvalue weighted by atomic mass is 16.5. The minimum Gasteiger partial charge on any atom is -0.507 e. The van der Waals surface area contributed by atoms with Crippen LogP contribution in [0.25, 0.3) is 10.8 Å². The van der Waals surface area contributed by atoms with Crippen LogP contribution in [0.15, 0.2) is 77.9 Å². The van der Waals surface area contributed by atoms with Crippen molar-refractivity contribution in [1.82, 2.24) is 0 Å². The molecule has 4 aromatic rings. The summed E-state index contributed by atoms with van der Waals surface area (Å²) in [5, 5.41) is 19.9. The standard InChI is InChI=1S/C29H28N2O5/c1-33-20-10-7-9-19(16-20)31-25(23-14-15-26(34-2)29(36-4)28(23)35-3)17-24(30-31)22-13-12-18-8-5-6-11-21(18)27(22)32/h5-16,25,32H,17H2,1-4H3. The molecule has 1 aliphatic heterocycles. The summed E-state index contributed by atoms with van der Waals surface area (Å²) in [6.07, 6.45) is 0.537. The summed E-state index contributed by atoms with van der Waals surface area (Å²) in [7, 11) is 6.44. The summed E-state index contributed by atoms with van der Waals surface area (Å²) in [5.41, 5.74) is 3.20. The van der Waals surface area contributed by atoms with E-state index in [0.29, 0.717) is 29.2 Å². The second-order valence-electron chi connectivity index (χ2n) is 8.42. The number of benzene rings is 4. The molecule has 1 aliphatic rings. The van der Waals surface area contributed by atoms with E-state index in [1.165, 1.54) is 0 Å². The smallest absolute Gasteiger partial charge is 0.203 e. The van der Waals surface area contributed by atoms with Crippen LogP contribution >= 0.6 is 0 Å². The van der Waals surface area contributed by atoms with Gasteiger partial charge in [0.25, 0.3) is 0 Å². The van der Waals surface area contributed by atoms with Gasteiger partial charge in [-0.3, -0.25) is 5.01 Å². The first-order valence-electron chi connectivity index (χ1n) is 11.6. The van der Waals surface area contributed by atoms with Crippen molar-refractivity contribution in [3.8, 4) is 28.7 Å². The molecule has 0 bridgehead atoms. The molecule has 0 fully saturated rings. The number of methoxy groups -OCH3 is 4. The van der Waals surface area contributed by atoms with E-state index in [4.69, 9.17) is 24.0 Å². The third-order valence-electron chi connectivity index (χ3n) is 6.53. The van der Waals surface area contributed by atoms with Gasteiger partial charge < -0.3 is 24.1 Å². The number of hydrogen-bond acceptors (Lipinski definition) is 7. The van der Waals surface area contributed by atoms with Crippen LogP contribution in [0, 0.1) is 0 Å². The molecular formula is C29H28N2O5. The molecule has 0 radical (unpaired) electrons. The van der Waals surface area contributed by atoms with Crippen molar-refractivity contribution in [1.29, 1.82) is 0 Å². The molecule has 0 aliphatic carbocycles. The lowest BCUT2D eigenvalue weighted by atomic mass is 9.95. The van der Waals surface area contributed by atoms with Gasteiger partial charge in [0.15, 0.2) is 11.5 Å². The van der Waals surface area contributed by atoms with Crippen LogP contribution in [0.3, 0.4) is 0 Å². The zero-order valence-corrected chi connectivity index (χ0v) is 20.7. The van der Waals surface area contributed by atoms with Gasteiger partial charge in [0.2, 0.25) is 5.75 Å². The lowest BCUT2D eigenvalue weighted by Gasteiger charge is -2.26. The van der Waals surface area contributed by atoms with E-state index in [2.05, 4.69) is 0 Å². The first kappa shape index (κ1) is 23.4. The van der Waals surface area contributed by atoms with Crippen LogP contribution in [0.1, 0.15) is 23.6 Å². The zero-order valence-electron chi connectivity index (χ0n) is 20.7. The predicted octanol–water partition coefficient (Wildman–Crippen LogP) is 5.94. The third-order valence-corrected chi connectivity index (χ3v) is 6.53. The maximum atomic E-state index is 11.2. The molecule has 1 N–H and O–H groups in total. The van der Waals surface area contributed by atoms with Crippen molar-refractivity contribution in [2.75, 3.05) is 33.4 Å². The summed E-state index contributed by atoms with van der Waals surface area (Å²) in [6.45, 7) is 0. The van der Waals surface area contributed by atoms with Crippen molar-refractivity contribution in [3.05, 3.63) is 83.9 Å². The van der Waals surface area contributed by atoms with Gasteiger partial charge >= 0.3 is 0 Å². The summed E-state index contributed by atoms with van der Waals surface area (Å²) in [5.74, 6) is 2.62. The van der Waals surface area contributed by atoms with E-state index in [9.17, 15) is 5.11 Å². The molecule has 0 spiro atoms. The van der Waals surface area contributed by atoms with E-state index in [1.807, 2.05) is 77.8 Å². The Kier molecular flexibility index (Phi) is 6.29. The first-order chi connectivity index (χ1) is 17.6. The average Bonchev–Trinajstić information content (AvgIpc) is 3.37. The second-order valence-corrected chi connectivity index (χ2v) is 8.42. The van der Waals surface area contributed by atoms with E-state index >= 15 is 0 Å². The Balaban J connectivity index is 1.67. The average molecular weight is 485 g/mol. The fourth-order valence-electron chi connectivity index (χ4n) is 4.78. The van der Waals surface area contributed by atoms with Gasteiger partial charge in [-0.2, -0.15) is 5.10 Å². The van der Waals surface area contributed by atoms with Crippen LogP contribution in [0.2, 0.25) is 0 Å². The molecule has 0 saturated carbocycles. The van der Waals surface area contributed by atoms with Crippen molar-refractivity contribution in [2.24, 2.45) is 5.10 Å². The molecule has 1 atom stereocenters. The third kappa shape index (κ3) is 3.92. The highest BCUT2D eigenvalue weighted by Crippen LogP contribution is 2.48. The number of ether oxygens (including phenoxy) is 4. The number of phenols is 1. The fraction of sp³-hybridized carbons (Fsp3) is 0.207. The van der Waals surface area contributed by atoms with Crippen LogP contribution in [0.4, 0.5) is 5.69 Å². The molecule has 36 heavy (non-hydrogen) atoms. The molecule has 7 nitrogen and oxygen atoms in total. The quantitative estimate of drug-likeness (QED) is 0.350. The number of phenolic OH excluding ortho intramolecular Hbond substituents is 1. The highest BCUT2D eigenvalue weighted by Gasteiger charge is 2.35. The molecule has 1 unspecified atom stereocenters. The number of fused-ring (bicyclic) bond motifs is 1. The van der Waals surface area contributed by atoms with Crippen LogP contribution in [-0.4, -0.2) is 39.3 Å². The van der Waals surface area contributed by atoms with Crippen LogP contribution in [-0.2, 0) is 0 Å². The maximum Gasteiger partial charge on any atom is 0.203 e. The predicted molar refractivity (Wildman–Crippen MR) is 141 cm³/mol. The maximum absolute atomic E-state index is 11.2. The SMILES string of the molecule is COc1cccc(N2N=C(c3ccc4ccccc4c3O)CC2c2ccc(OC)c(OC)c2OC)c1. The number of rotatable bonds is 7. The fourth-order valence-corrected chi connectivity index (χ4v) is 4.78. The molecule has 0 saturated heterocycles. The Morgan fingerprint density at radius 3 is 2.36 bits per heavy atom. The monoisotopic (exact) mass is 484 g/mol. The van der Waals surface area contributed by atoms with Gasteiger partial charge in [0, 0.05) is 29.0 Å². The number of anilines is 1. The summed E-state index contributed by atoms with van der Waals surface area (Å²) in [4.78, 5) is 0. The van der Waals surface area contributed by atoms with Gasteiger partial charge in [-0.05, 0) is 35.7 Å². The largest absolute Gasteiger partial charge is 0.507 e. The molecule has 7 heteroatoms. The van der Waals surface area contributed by atoms with Crippen molar-refractivity contribution < 1.29 is 24.1 Å².